The van der Waals surface area contributed by atoms with Gasteiger partial charge in [0.15, 0.2) is 0 Å². The fourth-order valence-electron chi connectivity index (χ4n) is 2.83. The van der Waals surface area contributed by atoms with Crippen LogP contribution in [0.25, 0.3) is 11.3 Å². The van der Waals surface area contributed by atoms with E-state index in [9.17, 15) is 21.6 Å². The molecule has 0 aliphatic heterocycles. The van der Waals surface area contributed by atoms with E-state index in [1.54, 1.807) is 38.1 Å². The first kappa shape index (κ1) is 20.4. The van der Waals surface area contributed by atoms with Crippen LogP contribution in [0.5, 0.6) is 0 Å². The zero-order chi connectivity index (χ0) is 20.9. The van der Waals surface area contributed by atoms with E-state index in [2.05, 4.69) is 9.68 Å². The number of hydrogen-bond acceptors (Lipinski definition) is 5. The minimum absolute atomic E-state index is 0.0694. The molecule has 0 fully saturated rings. The highest BCUT2D eigenvalue weighted by Crippen LogP contribution is 2.42. The van der Waals surface area contributed by atoms with Crippen molar-refractivity contribution in [1.82, 2.24) is 5.16 Å². The summed E-state index contributed by atoms with van der Waals surface area (Å²) in [5.74, 6) is -1.28. The molecule has 0 unspecified atom stereocenters. The Morgan fingerprint density at radius 3 is 2.21 bits per heavy atom. The van der Waals surface area contributed by atoms with Gasteiger partial charge in [-0.1, -0.05) is 22.9 Å². The Balaban J connectivity index is 2.14. The number of thiophene rings is 1. The van der Waals surface area contributed by atoms with Crippen LogP contribution in [0.4, 0.5) is 18.9 Å². The molecule has 0 radical (unpaired) electrons. The molecule has 28 heavy (non-hydrogen) atoms. The van der Waals surface area contributed by atoms with Gasteiger partial charge in [0.2, 0.25) is 5.76 Å². The fraction of sp³-hybridized carbons (Fsp3) is 0.278. The van der Waals surface area contributed by atoms with E-state index in [-0.39, 0.29) is 16.2 Å². The second-order valence-electron chi connectivity index (χ2n) is 6.30. The molecule has 0 saturated carbocycles. The molecule has 1 aromatic carbocycles. The predicted molar refractivity (Wildman–Crippen MR) is 101 cm³/mol. The number of sulfonamides is 1. The molecule has 0 spiro atoms. The smallest absolute Gasteiger partial charge is 0.351 e. The molecule has 10 heteroatoms. The Morgan fingerprint density at radius 2 is 1.68 bits per heavy atom. The number of benzene rings is 1. The Hall–Kier alpha value is -2.33. The van der Waals surface area contributed by atoms with Gasteiger partial charge in [-0.3, -0.25) is 4.31 Å². The van der Waals surface area contributed by atoms with Crippen molar-refractivity contribution < 1.29 is 26.1 Å². The number of nitrogens with zero attached hydrogens (tertiary/aromatic N) is 2. The van der Waals surface area contributed by atoms with Crippen LogP contribution in [0, 0.1) is 20.8 Å². The topological polar surface area (TPSA) is 63.4 Å². The number of hydrogen-bond donors (Lipinski definition) is 0. The van der Waals surface area contributed by atoms with Crippen LogP contribution < -0.4 is 4.31 Å². The largest absolute Gasteiger partial charge is 0.452 e. The lowest BCUT2D eigenvalue weighted by molar-refractivity contribution is -0.155. The van der Waals surface area contributed by atoms with Crippen LogP contribution in [0.15, 0.2) is 39.8 Å². The van der Waals surface area contributed by atoms with Crippen molar-refractivity contribution in [2.45, 2.75) is 31.8 Å². The lowest BCUT2D eigenvalue weighted by atomic mass is 10.1. The maximum Gasteiger partial charge on any atom is 0.452 e. The molecule has 0 aliphatic rings. The van der Waals surface area contributed by atoms with E-state index in [0.29, 0.717) is 15.4 Å². The van der Waals surface area contributed by atoms with Crippen LogP contribution in [0.1, 0.15) is 21.1 Å². The Labute approximate surface area is 164 Å². The average Bonchev–Trinajstić information content (AvgIpc) is 3.19. The van der Waals surface area contributed by atoms with Gasteiger partial charge in [0.25, 0.3) is 10.0 Å². The van der Waals surface area contributed by atoms with E-state index in [4.69, 9.17) is 0 Å². The van der Waals surface area contributed by atoms with Crippen LogP contribution in [0.2, 0.25) is 0 Å². The minimum Gasteiger partial charge on any atom is -0.351 e. The molecule has 3 rings (SSSR count). The predicted octanol–water partition coefficient (Wildman–Crippen LogP) is 5.17. The van der Waals surface area contributed by atoms with Gasteiger partial charge in [0.1, 0.15) is 10.6 Å². The second-order valence-corrected chi connectivity index (χ2v) is 9.64. The first-order valence-corrected chi connectivity index (χ1v) is 10.4. The normalized spacial score (nSPS) is 12.4. The molecule has 2 aromatic heterocycles. The molecular weight excluding hydrogens is 413 g/mol. The van der Waals surface area contributed by atoms with Crippen molar-refractivity contribution in [1.29, 1.82) is 0 Å². The van der Waals surface area contributed by atoms with Crippen molar-refractivity contribution in [2.24, 2.45) is 0 Å². The molecule has 3 aromatic rings. The summed E-state index contributed by atoms with van der Waals surface area (Å²) >= 11 is 1.18. The molecule has 0 saturated heterocycles. The molecule has 0 atom stereocenters. The third-order valence-corrected chi connectivity index (χ3v) is 7.37. The van der Waals surface area contributed by atoms with Gasteiger partial charge in [-0.05, 0) is 32.9 Å². The Morgan fingerprint density at radius 1 is 1.07 bits per heavy atom. The van der Waals surface area contributed by atoms with Gasteiger partial charge in [0.05, 0.1) is 5.69 Å². The monoisotopic (exact) mass is 430 g/mol. The number of aromatic nitrogens is 1. The second kappa shape index (κ2) is 6.93. The van der Waals surface area contributed by atoms with Crippen LogP contribution in [-0.4, -0.2) is 20.6 Å². The maximum atomic E-state index is 13.3. The van der Waals surface area contributed by atoms with Crippen molar-refractivity contribution in [3.8, 4) is 11.3 Å². The number of anilines is 1. The standard InChI is InChI=1S/C18H17F3N2O3S2/c1-10-5-7-13(8-6-10)23(4)28(24,25)17-12(3)27-11(2)16(17)14-9-15(26-22-14)18(19,20)21/h5-9H,1-4H3. The van der Waals surface area contributed by atoms with E-state index in [1.165, 1.54) is 18.4 Å². The van der Waals surface area contributed by atoms with Crippen molar-refractivity contribution in [2.75, 3.05) is 11.4 Å². The highest BCUT2D eigenvalue weighted by atomic mass is 32.2. The summed E-state index contributed by atoms with van der Waals surface area (Å²) in [7, 11) is -2.64. The van der Waals surface area contributed by atoms with Gasteiger partial charge in [-0.25, -0.2) is 8.42 Å². The first-order valence-electron chi connectivity index (χ1n) is 8.13. The van der Waals surface area contributed by atoms with E-state index >= 15 is 0 Å². The molecule has 5 nitrogen and oxygen atoms in total. The fourth-order valence-corrected chi connectivity index (χ4v) is 5.85. The maximum absolute atomic E-state index is 13.3. The lowest BCUT2D eigenvalue weighted by Gasteiger charge is -2.20. The summed E-state index contributed by atoms with van der Waals surface area (Å²) in [6.45, 7) is 5.13. The molecule has 150 valence electrons. The van der Waals surface area contributed by atoms with Gasteiger partial charge >= 0.3 is 6.18 Å². The summed E-state index contributed by atoms with van der Waals surface area (Å²) in [5, 5.41) is 3.47. The molecular formula is C18H17F3N2O3S2. The summed E-state index contributed by atoms with van der Waals surface area (Å²) in [5.41, 5.74) is 1.38. The summed E-state index contributed by atoms with van der Waals surface area (Å²) in [4.78, 5) is 0.929. The van der Waals surface area contributed by atoms with Crippen LogP contribution in [-0.2, 0) is 16.2 Å². The average molecular weight is 430 g/mol. The number of aryl methyl sites for hydroxylation is 3. The van der Waals surface area contributed by atoms with Crippen LogP contribution >= 0.6 is 11.3 Å². The zero-order valence-electron chi connectivity index (χ0n) is 15.5. The van der Waals surface area contributed by atoms with Gasteiger partial charge < -0.3 is 4.52 Å². The van der Waals surface area contributed by atoms with Crippen LogP contribution in [0.3, 0.4) is 0 Å². The summed E-state index contributed by atoms with van der Waals surface area (Å²) < 4.78 is 70.7. The molecule has 0 bridgehead atoms. The van der Waals surface area contributed by atoms with Gasteiger partial charge in [0, 0.05) is 28.4 Å². The Kier molecular flexibility index (Phi) is 5.05. The molecule has 0 N–H and O–H groups in total. The van der Waals surface area contributed by atoms with E-state index in [0.717, 1.165) is 15.9 Å². The highest BCUT2D eigenvalue weighted by molar-refractivity contribution is 7.93. The van der Waals surface area contributed by atoms with Crippen molar-refractivity contribution >= 4 is 27.0 Å². The van der Waals surface area contributed by atoms with Gasteiger partial charge in [-0.15, -0.1) is 11.3 Å². The van der Waals surface area contributed by atoms with Crippen molar-refractivity contribution in [3.63, 3.8) is 0 Å². The lowest BCUT2D eigenvalue weighted by Crippen LogP contribution is -2.27. The summed E-state index contributed by atoms with van der Waals surface area (Å²) in [6, 6.07) is 7.61. The van der Waals surface area contributed by atoms with E-state index in [1.807, 2.05) is 6.92 Å². The minimum atomic E-state index is -4.71. The number of alkyl halides is 3. The Bertz CT molecular complexity index is 1110. The molecule has 2 heterocycles. The zero-order valence-corrected chi connectivity index (χ0v) is 17.1. The molecule has 0 amide bonds. The first-order chi connectivity index (χ1) is 12.9. The number of rotatable bonds is 4. The SMILES string of the molecule is Cc1ccc(N(C)S(=O)(=O)c2c(C)sc(C)c2-c2cc(C(F)(F)F)on2)cc1. The summed E-state index contributed by atoms with van der Waals surface area (Å²) in [6.07, 6.45) is -4.71. The number of halogens is 3. The third-order valence-electron chi connectivity index (χ3n) is 4.27. The quantitative estimate of drug-likeness (QED) is 0.573. The molecule has 0 aliphatic carbocycles. The van der Waals surface area contributed by atoms with Crippen molar-refractivity contribution in [3.05, 3.63) is 51.4 Å². The highest BCUT2D eigenvalue weighted by Gasteiger charge is 2.38. The third kappa shape index (κ3) is 3.53. The van der Waals surface area contributed by atoms with Gasteiger partial charge in [-0.2, -0.15) is 13.2 Å². The van der Waals surface area contributed by atoms with E-state index < -0.39 is 22.0 Å².